The zero-order valence-corrected chi connectivity index (χ0v) is 11.5. The van der Waals surface area contributed by atoms with Crippen molar-refractivity contribution < 1.29 is 9.32 Å². The van der Waals surface area contributed by atoms with Crippen molar-refractivity contribution in [2.75, 3.05) is 10.6 Å². The maximum Gasteiger partial charge on any atom is 0.324 e. The number of urea groups is 1. The fourth-order valence-electron chi connectivity index (χ4n) is 1.42. The van der Waals surface area contributed by atoms with Gasteiger partial charge in [0.25, 0.3) is 0 Å². The Hall–Kier alpha value is -1.82. The van der Waals surface area contributed by atoms with Crippen LogP contribution < -0.4 is 10.6 Å². The number of nitrogens with zero attached hydrogens (tertiary/aromatic N) is 1. The molecule has 18 heavy (non-hydrogen) atoms. The normalized spacial score (nSPS) is 10.2. The largest absolute Gasteiger partial charge is 0.360 e. The minimum absolute atomic E-state index is 0.368. The van der Waals surface area contributed by atoms with Gasteiger partial charge < -0.3 is 9.84 Å². The van der Waals surface area contributed by atoms with Crippen LogP contribution in [0.1, 0.15) is 11.3 Å². The molecule has 2 rings (SSSR count). The van der Waals surface area contributed by atoms with E-state index in [4.69, 9.17) is 4.52 Å². The van der Waals surface area contributed by atoms with Gasteiger partial charge in [-0.3, -0.25) is 5.32 Å². The van der Waals surface area contributed by atoms with E-state index in [1.807, 2.05) is 25.1 Å². The summed E-state index contributed by atoms with van der Waals surface area (Å²) >= 11 is 3.39. The van der Waals surface area contributed by atoms with E-state index in [1.165, 1.54) is 0 Å². The number of hydrogen-bond donors (Lipinski definition) is 2. The van der Waals surface area contributed by atoms with Crippen molar-refractivity contribution in [3.05, 3.63) is 40.1 Å². The van der Waals surface area contributed by atoms with Crippen LogP contribution in [0.4, 0.5) is 16.3 Å². The molecule has 0 bridgehead atoms. The standard InChI is InChI=1S/C12H12BrN3O2/c1-7-3-4-10(9(13)5-7)14-12(17)15-11-6-8(2)18-16-11/h3-6H,1-2H3,(H2,14,15,16,17). The molecule has 6 heteroatoms. The number of halogens is 1. The first-order valence-electron chi connectivity index (χ1n) is 5.32. The Balaban J connectivity index is 2.03. The lowest BCUT2D eigenvalue weighted by molar-refractivity contribution is 0.262. The molecule has 94 valence electrons. The van der Waals surface area contributed by atoms with E-state index >= 15 is 0 Å². The summed E-state index contributed by atoms with van der Waals surface area (Å²) in [6.45, 7) is 3.74. The summed E-state index contributed by atoms with van der Waals surface area (Å²) in [5.41, 5.74) is 1.80. The van der Waals surface area contributed by atoms with Crippen LogP contribution in [0.2, 0.25) is 0 Å². The molecule has 1 heterocycles. The van der Waals surface area contributed by atoms with Gasteiger partial charge in [-0.1, -0.05) is 11.2 Å². The number of carbonyl (C=O) groups excluding carboxylic acids is 1. The maximum atomic E-state index is 11.7. The molecule has 0 radical (unpaired) electrons. The van der Waals surface area contributed by atoms with Gasteiger partial charge in [-0.2, -0.15) is 0 Å². The molecule has 1 aromatic carbocycles. The Morgan fingerprint density at radius 3 is 2.67 bits per heavy atom. The van der Waals surface area contributed by atoms with Crippen molar-refractivity contribution >= 4 is 33.5 Å². The van der Waals surface area contributed by atoms with Gasteiger partial charge in [0.2, 0.25) is 0 Å². The summed E-state index contributed by atoms with van der Waals surface area (Å²) < 4.78 is 5.68. The average molecular weight is 310 g/mol. The SMILES string of the molecule is Cc1ccc(NC(=O)Nc2cc(C)on2)c(Br)c1. The molecule has 0 atom stereocenters. The highest BCUT2D eigenvalue weighted by Gasteiger charge is 2.08. The van der Waals surface area contributed by atoms with Crippen LogP contribution in [0.3, 0.4) is 0 Å². The molecule has 0 aliphatic carbocycles. The minimum atomic E-state index is -0.368. The van der Waals surface area contributed by atoms with Gasteiger partial charge in [-0.05, 0) is 47.5 Å². The number of anilines is 2. The monoisotopic (exact) mass is 309 g/mol. The van der Waals surface area contributed by atoms with Crippen molar-refractivity contribution in [2.24, 2.45) is 0 Å². The molecule has 2 aromatic rings. The molecule has 0 unspecified atom stereocenters. The lowest BCUT2D eigenvalue weighted by Gasteiger charge is -2.07. The molecule has 0 saturated carbocycles. The molecule has 5 nitrogen and oxygen atoms in total. The molecular formula is C12H12BrN3O2. The van der Waals surface area contributed by atoms with E-state index in [-0.39, 0.29) is 6.03 Å². The van der Waals surface area contributed by atoms with Crippen molar-refractivity contribution in [3.8, 4) is 0 Å². The highest BCUT2D eigenvalue weighted by atomic mass is 79.9. The first kappa shape index (κ1) is 12.6. The number of rotatable bonds is 2. The third-order valence-corrected chi connectivity index (χ3v) is 2.90. The summed E-state index contributed by atoms with van der Waals surface area (Å²) in [4.78, 5) is 11.7. The number of benzene rings is 1. The molecule has 2 N–H and O–H groups in total. The summed E-state index contributed by atoms with van der Waals surface area (Å²) in [6, 6.07) is 6.95. The number of carbonyl (C=O) groups is 1. The van der Waals surface area contributed by atoms with Gasteiger partial charge in [0, 0.05) is 10.5 Å². The molecular weight excluding hydrogens is 298 g/mol. The topological polar surface area (TPSA) is 67.2 Å². The van der Waals surface area contributed by atoms with Crippen LogP contribution in [0.5, 0.6) is 0 Å². The van der Waals surface area contributed by atoms with Gasteiger partial charge in [0.15, 0.2) is 5.82 Å². The van der Waals surface area contributed by atoms with Crippen LogP contribution in [-0.2, 0) is 0 Å². The van der Waals surface area contributed by atoms with E-state index in [9.17, 15) is 4.79 Å². The van der Waals surface area contributed by atoms with Gasteiger partial charge in [0.05, 0.1) is 5.69 Å². The van der Waals surface area contributed by atoms with Crippen LogP contribution in [-0.4, -0.2) is 11.2 Å². The van der Waals surface area contributed by atoms with Crippen molar-refractivity contribution in [3.63, 3.8) is 0 Å². The van der Waals surface area contributed by atoms with E-state index in [0.717, 1.165) is 10.0 Å². The van der Waals surface area contributed by atoms with Gasteiger partial charge in [-0.15, -0.1) is 0 Å². The Morgan fingerprint density at radius 2 is 2.06 bits per heavy atom. The Kier molecular flexibility index (Phi) is 3.66. The van der Waals surface area contributed by atoms with E-state index < -0.39 is 0 Å². The molecule has 1 aromatic heterocycles. The summed E-state index contributed by atoms with van der Waals surface area (Å²) in [5.74, 6) is 1.02. The van der Waals surface area contributed by atoms with Crippen LogP contribution in [0.25, 0.3) is 0 Å². The number of hydrogen-bond acceptors (Lipinski definition) is 3. The number of aryl methyl sites for hydroxylation is 2. The Morgan fingerprint density at radius 1 is 1.28 bits per heavy atom. The van der Waals surface area contributed by atoms with E-state index in [2.05, 4.69) is 31.7 Å². The second kappa shape index (κ2) is 5.22. The average Bonchev–Trinajstić information content (AvgIpc) is 2.68. The summed E-state index contributed by atoms with van der Waals surface area (Å²) in [7, 11) is 0. The fraction of sp³-hybridized carbons (Fsp3) is 0.167. The number of nitrogens with one attached hydrogen (secondary N) is 2. The quantitative estimate of drug-likeness (QED) is 0.889. The first-order valence-corrected chi connectivity index (χ1v) is 6.11. The van der Waals surface area contributed by atoms with Crippen LogP contribution in [0.15, 0.2) is 33.3 Å². The van der Waals surface area contributed by atoms with E-state index in [0.29, 0.717) is 17.3 Å². The second-order valence-corrected chi connectivity index (χ2v) is 4.74. The molecule has 2 amide bonds. The van der Waals surface area contributed by atoms with Crippen LogP contribution in [0, 0.1) is 13.8 Å². The highest BCUT2D eigenvalue weighted by Crippen LogP contribution is 2.23. The van der Waals surface area contributed by atoms with Crippen molar-refractivity contribution in [1.29, 1.82) is 0 Å². The first-order chi connectivity index (χ1) is 8.54. The lowest BCUT2D eigenvalue weighted by atomic mass is 10.2. The Labute approximate surface area is 113 Å². The third kappa shape index (κ3) is 3.10. The third-order valence-electron chi connectivity index (χ3n) is 2.24. The fourth-order valence-corrected chi connectivity index (χ4v) is 2.01. The molecule has 0 spiro atoms. The molecule has 0 saturated heterocycles. The van der Waals surface area contributed by atoms with Gasteiger partial charge >= 0.3 is 6.03 Å². The minimum Gasteiger partial charge on any atom is -0.360 e. The molecule has 0 aliphatic rings. The Bertz CT molecular complexity index is 580. The predicted molar refractivity (Wildman–Crippen MR) is 72.8 cm³/mol. The zero-order valence-electron chi connectivity index (χ0n) is 9.95. The van der Waals surface area contributed by atoms with Crippen molar-refractivity contribution in [1.82, 2.24) is 5.16 Å². The second-order valence-electron chi connectivity index (χ2n) is 3.89. The summed E-state index contributed by atoms with van der Waals surface area (Å²) in [6.07, 6.45) is 0. The number of aromatic nitrogens is 1. The smallest absolute Gasteiger partial charge is 0.324 e. The number of amides is 2. The lowest BCUT2D eigenvalue weighted by Crippen LogP contribution is -2.19. The van der Waals surface area contributed by atoms with Crippen molar-refractivity contribution in [2.45, 2.75) is 13.8 Å². The predicted octanol–water partition coefficient (Wildman–Crippen LogP) is 3.70. The van der Waals surface area contributed by atoms with E-state index in [1.54, 1.807) is 13.0 Å². The van der Waals surface area contributed by atoms with Crippen LogP contribution >= 0.6 is 15.9 Å². The molecule has 0 aliphatic heterocycles. The molecule has 0 fully saturated rings. The van der Waals surface area contributed by atoms with Gasteiger partial charge in [0.1, 0.15) is 5.76 Å². The van der Waals surface area contributed by atoms with Gasteiger partial charge in [-0.25, -0.2) is 4.79 Å². The zero-order chi connectivity index (χ0) is 13.1. The highest BCUT2D eigenvalue weighted by molar-refractivity contribution is 9.10. The summed E-state index contributed by atoms with van der Waals surface area (Å²) in [5, 5.41) is 8.97. The maximum absolute atomic E-state index is 11.7.